The molecule has 8 nitrogen and oxygen atoms in total. The van der Waals surface area contributed by atoms with Crippen LogP contribution in [-0.4, -0.2) is 66.6 Å². The van der Waals surface area contributed by atoms with Crippen molar-refractivity contribution in [3.8, 4) is 11.5 Å². The van der Waals surface area contributed by atoms with E-state index in [1.165, 1.54) is 29.2 Å². The second-order valence-electron chi connectivity index (χ2n) is 11.8. The van der Waals surface area contributed by atoms with E-state index in [9.17, 15) is 23.1 Å². The molecule has 244 valence electrons. The monoisotopic (exact) mass is 631 g/mol. The Bertz CT molecular complexity index is 1330. The van der Waals surface area contributed by atoms with Gasteiger partial charge in [-0.3, -0.25) is 0 Å². The third kappa shape index (κ3) is 11.3. The van der Waals surface area contributed by atoms with Crippen molar-refractivity contribution in [3.63, 3.8) is 0 Å². The summed E-state index contributed by atoms with van der Waals surface area (Å²) < 4.78 is 64.8. The topological polar surface area (TPSA) is 86.7 Å². The van der Waals surface area contributed by atoms with Crippen molar-refractivity contribution in [1.82, 2.24) is 4.90 Å². The van der Waals surface area contributed by atoms with Gasteiger partial charge >= 0.3 is 12.5 Å². The van der Waals surface area contributed by atoms with Crippen molar-refractivity contribution in [2.24, 2.45) is 0 Å². The second kappa shape index (κ2) is 15.5. The van der Waals surface area contributed by atoms with Crippen LogP contribution in [0.3, 0.4) is 0 Å². The number of likely N-dealkylation sites (tertiary alicyclic amines) is 1. The molecule has 1 amide bonds. The molecule has 1 fully saturated rings. The summed E-state index contributed by atoms with van der Waals surface area (Å²) in [5.41, 5.74) is 1.79. The van der Waals surface area contributed by atoms with Gasteiger partial charge in [-0.1, -0.05) is 54.6 Å². The second-order valence-corrected chi connectivity index (χ2v) is 11.8. The Hall–Kier alpha value is -3.80. The smallest absolute Gasteiger partial charge is 0.494 e. The molecule has 11 heteroatoms. The van der Waals surface area contributed by atoms with Crippen LogP contribution in [0.5, 0.6) is 11.5 Å². The Morgan fingerprint density at radius 3 is 2.13 bits per heavy atom. The molecule has 3 unspecified atom stereocenters. The molecule has 0 radical (unpaired) electrons. The Morgan fingerprint density at radius 2 is 1.49 bits per heavy atom. The first-order valence-electron chi connectivity index (χ1n) is 14.8. The van der Waals surface area contributed by atoms with Gasteiger partial charge in [0.25, 0.3) is 0 Å². The van der Waals surface area contributed by atoms with Crippen LogP contribution in [0.2, 0.25) is 0 Å². The number of nitrogens with zero attached hydrogens (tertiary/aromatic N) is 1. The summed E-state index contributed by atoms with van der Waals surface area (Å²) in [6.07, 6.45) is -6.24. The minimum atomic E-state index is -4.79. The van der Waals surface area contributed by atoms with Crippen LogP contribution in [0.25, 0.3) is 0 Å². The average molecular weight is 632 g/mol. The zero-order chi connectivity index (χ0) is 32.5. The summed E-state index contributed by atoms with van der Waals surface area (Å²) in [5.74, 6) is -0.159. The standard InChI is InChI=1S/C34H40F3NO7/c1-33(2,3)45-32(40)38-20-29(39)31(30(21-38)43-23-25-10-14-28(15-11-25)44-34(35,36)37)26-12-16-27(17-13-26)42-19-7-18-41-22-24-8-5-4-6-9-24/h4-6,8-17,29-31,39H,7,18-23H2,1-3H3. The van der Waals surface area contributed by atoms with E-state index in [-0.39, 0.29) is 25.4 Å². The number of piperidine rings is 1. The lowest BCUT2D eigenvalue weighted by atomic mass is 9.84. The number of alkyl halides is 3. The van der Waals surface area contributed by atoms with Gasteiger partial charge < -0.3 is 33.7 Å². The molecule has 0 spiro atoms. The summed E-state index contributed by atoms with van der Waals surface area (Å²) in [7, 11) is 0. The van der Waals surface area contributed by atoms with Gasteiger partial charge in [0.05, 0.1) is 51.7 Å². The number of benzene rings is 3. The quantitative estimate of drug-likeness (QED) is 0.219. The molecule has 0 aliphatic carbocycles. The Labute approximate surface area is 261 Å². The molecule has 3 aromatic rings. The van der Waals surface area contributed by atoms with Crippen LogP contribution in [0.1, 0.15) is 49.8 Å². The molecule has 4 rings (SSSR count). The van der Waals surface area contributed by atoms with Gasteiger partial charge in [0.1, 0.15) is 17.1 Å². The number of aliphatic hydroxyl groups excluding tert-OH is 1. The number of carbonyl (C=O) groups is 1. The molecule has 0 bridgehead atoms. The van der Waals surface area contributed by atoms with E-state index in [1.54, 1.807) is 20.8 Å². The molecule has 1 N–H and O–H groups in total. The van der Waals surface area contributed by atoms with Crippen LogP contribution in [0, 0.1) is 0 Å². The summed E-state index contributed by atoms with van der Waals surface area (Å²) in [4.78, 5) is 14.3. The van der Waals surface area contributed by atoms with Gasteiger partial charge in [0, 0.05) is 12.3 Å². The maximum Gasteiger partial charge on any atom is 0.573 e. The molecule has 1 aliphatic rings. The molecular weight excluding hydrogens is 591 g/mol. The van der Waals surface area contributed by atoms with Gasteiger partial charge in [0.2, 0.25) is 0 Å². The predicted octanol–water partition coefficient (Wildman–Crippen LogP) is 6.85. The van der Waals surface area contributed by atoms with E-state index in [2.05, 4.69) is 4.74 Å². The summed E-state index contributed by atoms with van der Waals surface area (Å²) in [5, 5.41) is 11.2. The van der Waals surface area contributed by atoms with Crippen LogP contribution >= 0.6 is 0 Å². The highest BCUT2D eigenvalue weighted by Crippen LogP contribution is 2.33. The lowest BCUT2D eigenvalue weighted by Gasteiger charge is -2.42. The Balaban J connectivity index is 1.37. The molecule has 1 aliphatic heterocycles. The first-order valence-corrected chi connectivity index (χ1v) is 14.8. The number of halogens is 3. The van der Waals surface area contributed by atoms with E-state index >= 15 is 0 Å². The lowest BCUT2D eigenvalue weighted by Crippen LogP contribution is -2.54. The van der Waals surface area contributed by atoms with E-state index < -0.39 is 36.2 Å². The molecule has 0 aromatic heterocycles. The molecule has 3 aromatic carbocycles. The first-order chi connectivity index (χ1) is 21.4. The van der Waals surface area contributed by atoms with E-state index in [4.69, 9.17) is 18.9 Å². The van der Waals surface area contributed by atoms with Gasteiger partial charge in [-0.2, -0.15) is 0 Å². The fraction of sp³-hybridized carbons (Fsp3) is 0.441. The van der Waals surface area contributed by atoms with Crippen molar-refractivity contribution in [1.29, 1.82) is 0 Å². The van der Waals surface area contributed by atoms with Gasteiger partial charge in [-0.15, -0.1) is 13.2 Å². The van der Waals surface area contributed by atoms with E-state index in [1.807, 2.05) is 54.6 Å². The minimum Gasteiger partial charge on any atom is -0.494 e. The van der Waals surface area contributed by atoms with Gasteiger partial charge in [-0.05, 0) is 61.7 Å². The number of amides is 1. The van der Waals surface area contributed by atoms with Crippen LogP contribution in [-0.2, 0) is 27.4 Å². The largest absolute Gasteiger partial charge is 0.573 e. The fourth-order valence-electron chi connectivity index (χ4n) is 4.95. The van der Waals surface area contributed by atoms with Crippen molar-refractivity contribution in [2.75, 3.05) is 26.3 Å². The van der Waals surface area contributed by atoms with E-state index in [0.717, 1.165) is 17.5 Å². The molecular formula is C34H40F3NO7. The number of hydrogen-bond donors (Lipinski definition) is 1. The summed E-state index contributed by atoms with van der Waals surface area (Å²) >= 11 is 0. The van der Waals surface area contributed by atoms with Gasteiger partial charge in [0.15, 0.2) is 0 Å². The van der Waals surface area contributed by atoms with Crippen LogP contribution in [0.4, 0.5) is 18.0 Å². The third-order valence-corrected chi connectivity index (χ3v) is 6.97. The van der Waals surface area contributed by atoms with E-state index in [0.29, 0.717) is 31.1 Å². The normalized spacial score (nSPS) is 18.8. The molecule has 1 saturated heterocycles. The zero-order valence-electron chi connectivity index (χ0n) is 25.7. The highest BCUT2D eigenvalue weighted by Gasteiger charge is 2.40. The Morgan fingerprint density at radius 1 is 0.844 bits per heavy atom. The van der Waals surface area contributed by atoms with Gasteiger partial charge in [-0.25, -0.2) is 4.79 Å². The zero-order valence-corrected chi connectivity index (χ0v) is 25.7. The number of hydrogen-bond acceptors (Lipinski definition) is 7. The number of carbonyl (C=O) groups excluding carboxylic acids is 1. The third-order valence-electron chi connectivity index (χ3n) is 6.97. The summed E-state index contributed by atoms with van der Waals surface area (Å²) in [6, 6.07) is 22.7. The van der Waals surface area contributed by atoms with Crippen molar-refractivity contribution in [2.45, 2.75) is 70.5 Å². The van der Waals surface area contributed by atoms with Crippen LogP contribution < -0.4 is 9.47 Å². The number of rotatable bonds is 12. The Kier molecular flexibility index (Phi) is 11.7. The van der Waals surface area contributed by atoms with Crippen molar-refractivity contribution >= 4 is 6.09 Å². The minimum absolute atomic E-state index is 0.0376. The summed E-state index contributed by atoms with van der Waals surface area (Å²) in [6.45, 7) is 7.09. The lowest BCUT2D eigenvalue weighted by molar-refractivity contribution is -0.274. The number of ether oxygens (including phenoxy) is 5. The maximum absolute atomic E-state index is 12.9. The maximum atomic E-state index is 12.9. The predicted molar refractivity (Wildman–Crippen MR) is 161 cm³/mol. The number of aliphatic hydroxyl groups is 1. The average Bonchev–Trinajstić information content (AvgIpc) is 2.97. The van der Waals surface area contributed by atoms with Crippen molar-refractivity contribution < 1.29 is 46.8 Å². The highest BCUT2D eigenvalue weighted by molar-refractivity contribution is 5.68. The number of β-amino-alcohol motifs (C(OH)–C–C–N with tert-alkyl or cyclic N) is 1. The molecule has 45 heavy (non-hydrogen) atoms. The molecule has 0 saturated carbocycles. The molecule has 3 atom stereocenters. The fourth-order valence-corrected chi connectivity index (χ4v) is 4.95. The molecule has 1 heterocycles. The first kappa shape index (κ1) is 34.1. The SMILES string of the molecule is CC(C)(C)OC(=O)N1CC(O)C(c2ccc(OCCCOCc3ccccc3)cc2)C(OCc2ccc(OC(F)(F)F)cc2)C1. The van der Waals surface area contributed by atoms with Crippen molar-refractivity contribution in [3.05, 3.63) is 95.6 Å². The highest BCUT2D eigenvalue weighted by atomic mass is 19.4. The van der Waals surface area contributed by atoms with Crippen LogP contribution in [0.15, 0.2) is 78.9 Å².